The predicted octanol–water partition coefficient (Wildman–Crippen LogP) is 2.83. The zero-order chi connectivity index (χ0) is 13.9. The Morgan fingerprint density at radius 2 is 1.94 bits per heavy atom. The molecule has 0 heterocycles. The van der Waals surface area contributed by atoms with Gasteiger partial charge in [-0.3, -0.25) is 9.59 Å². The van der Waals surface area contributed by atoms with Crippen LogP contribution in [0.4, 0.5) is 5.69 Å². The lowest BCUT2D eigenvalue weighted by atomic mass is 10.2. The number of anilines is 1. The average molecular weight is 290 g/mol. The van der Waals surface area contributed by atoms with Crippen LogP contribution in [0.5, 0.6) is 0 Å². The molecular weight excluding hydrogens is 277 g/mol. The van der Waals surface area contributed by atoms with E-state index >= 15 is 0 Å². The minimum Gasteiger partial charge on any atom is -0.456 e. The highest BCUT2D eigenvalue weighted by Crippen LogP contribution is 2.32. The number of benzene rings is 1. The molecule has 4 nitrogen and oxygen atoms in total. The van der Waals surface area contributed by atoms with Crippen molar-refractivity contribution in [2.75, 3.05) is 18.6 Å². The van der Waals surface area contributed by atoms with Crippen molar-refractivity contribution in [2.45, 2.75) is 13.8 Å². The third-order valence-electron chi connectivity index (χ3n) is 2.43. The van der Waals surface area contributed by atoms with E-state index in [1.807, 2.05) is 0 Å². The summed E-state index contributed by atoms with van der Waals surface area (Å²) in [5.41, 5.74) is 1.22. The zero-order valence-corrected chi connectivity index (χ0v) is 11.8. The van der Waals surface area contributed by atoms with E-state index in [4.69, 9.17) is 23.2 Å². The van der Waals surface area contributed by atoms with Gasteiger partial charge in [-0.2, -0.15) is 0 Å². The van der Waals surface area contributed by atoms with Crippen LogP contribution in [-0.4, -0.2) is 25.5 Å². The van der Waals surface area contributed by atoms with E-state index in [0.717, 1.165) is 0 Å². The molecule has 0 bridgehead atoms. The molecule has 0 aliphatic carbocycles. The maximum Gasteiger partial charge on any atom is 0.303 e. The molecule has 0 atom stereocenters. The molecule has 1 amide bonds. The van der Waals surface area contributed by atoms with E-state index in [0.29, 0.717) is 21.3 Å². The summed E-state index contributed by atoms with van der Waals surface area (Å²) in [6, 6.07) is 3.30. The Labute approximate surface area is 115 Å². The van der Waals surface area contributed by atoms with E-state index in [9.17, 15) is 9.59 Å². The van der Waals surface area contributed by atoms with Gasteiger partial charge in [-0.05, 0) is 24.6 Å². The number of amides is 1. The first-order valence-electron chi connectivity index (χ1n) is 5.19. The number of carbonyl (C=O) groups excluding carboxylic acids is 2. The number of likely N-dealkylation sites (N-methyl/N-ethyl adjacent to an activating group) is 1. The number of ether oxygens (including phenoxy) is 1. The molecule has 1 aromatic rings. The van der Waals surface area contributed by atoms with Gasteiger partial charge >= 0.3 is 5.97 Å². The highest BCUT2D eigenvalue weighted by Gasteiger charge is 2.17. The number of esters is 1. The molecule has 18 heavy (non-hydrogen) atoms. The van der Waals surface area contributed by atoms with Gasteiger partial charge in [-0.15, -0.1) is 0 Å². The normalized spacial score (nSPS) is 10.1. The number of rotatable bonds is 3. The molecule has 98 valence electrons. The Kier molecular flexibility index (Phi) is 4.99. The van der Waals surface area contributed by atoms with Crippen LogP contribution in [0.3, 0.4) is 0 Å². The van der Waals surface area contributed by atoms with E-state index in [1.54, 1.807) is 26.1 Å². The largest absolute Gasteiger partial charge is 0.456 e. The quantitative estimate of drug-likeness (QED) is 0.804. The van der Waals surface area contributed by atoms with E-state index in [2.05, 4.69) is 4.74 Å². The van der Waals surface area contributed by atoms with Crippen LogP contribution in [0, 0.1) is 6.92 Å². The lowest BCUT2D eigenvalue weighted by Crippen LogP contribution is -2.31. The SMILES string of the molecule is CC(=O)OCC(=O)N(C)c1ccc(Cl)c(C)c1Cl. The fourth-order valence-corrected chi connectivity index (χ4v) is 1.80. The van der Waals surface area contributed by atoms with Gasteiger partial charge in [-0.1, -0.05) is 23.2 Å². The second-order valence-corrected chi connectivity index (χ2v) is 4.52. The van der Waals surface area contributed by atoms with E-state index in [1.165, 1.54) is 11.8 Å². The topological polar surface area (TPSA) is 46.6 Å². The maximum atomic E-state index is 11.8. The van der Waals surface area contributed by atoms with Crippen LogP contribution in [0.15, 0.2) is 12.1 Å². The van der Waals surface area contributed by atoms with Gasteiger partial charge in [0.05, 0.1) is 10.7 Å². The monoisotopic (exact) mass is 289 g/mol. The standard InChI is InChI=1S/C12H13Cl2NO3/c1-7-9(13)4-5-10(12(7)14)15(3)11(17)6-18-8(2)16/h4-5H,6H2,1-3H3. The summed E-state index contributed by atoms with van der Waals surface area (Å²) in [6.45, 7) is 2.69. The van der Waals surface area contributed by atoms with E-state index in [-0.39, 0.29) is 12.5 Å². The van der Waals surface area contributed by atoms with Crippen molar-refractivity contribution in [2.24, 2.45) is 0 Å². The van der Waals surface area contributed by atoms with Gasteiger partial charge in [0.25, 0.3) is 5.91 Å². The molecule has 0 fully saturated rings. The number of carbonyl (C=O) groups is 2. The molecule has 1 rings (SSSR count). The second-order valence-electron chi connectivity index (χ2n) is 3.74. The Bertz CT molecular complexity index is 488. The van der Waals surface area contributed by atoms with Crippen molar-refractivity contribution in [1.29, 1.82) is 0 Å². The van der Waals surface area contributed by atoms with Gasteiger partial charge in [0, 0.05) is 19.0 Å². The van der Waals surface area contributed by atoms with Crippen LogP contribution < -0.4 is 4.90 Å². The molecule has 0 saturated carbocycles. The van der Waals surface area contributed by atoms with Crippen molar-refractivity contribution in [1.82, 2.24) is 0 Å². The van der Waals surface area contributed by atoms with Crippen LogP contribution in [0.2, 0.25) is 10.0 Å². The van der Waals surface area contributed by atoms with Gasteiger partial charge in [-0.25, -0.2) is 0 Å². The third kappa shape index (κ3) is 3.37. The Balaban J connectivity index is 2.90. The molecule has 0 radical (unpaired) electrons. The van der Waals surface area contributed by atoms with Crippen molar-refractivity contribution in [3.63, 3.8) is 0 Å². The molecule has 0 spiro atoms. The summed E-state index contributed by atoms with van der Waals surface area (Å²) in [5, 5.41) is 0.936. The molecule has 0 N–H and O–H groups in total. The predicted molar refractivity (Wildman–Crippen MR) is 71.2 cm³/mol. The molecule has 0 aliphatic rings. The summed E-state index contributed by atoms with van der Waals surface area (Å²) in [4.78, 5) is 23.7. The lowest BCUT2D eigenvalue weighted by Gasteiger charge is -2.19. The van der Waals surface area contributed by atoms with Crippen molar-refractivity contribution in [3.05, 3.63) is 27.7 Å². The smallest absolute Gasteiger partial charge is 0.303 e. The van der Waals surface area contributed by atoms with Crippen LogP contribution in [0.25, 0.3) is 0 Å². The van der Waals surface area contributed by atoms with Gasteiger partial charge in [0.15, 0.2) is 6.61 Å². The first-order valence-corrected chi connectivity index (χ1v) is 5.94. The van der Waals surface area contributed by atoms with Crippen molar-refractivity contribution in [3.8, 4) is 0 Å². The summed E-state index contributed by atoms with van der Waals surface area (Å²) in [5.74, 6) is -0.871. The fourth-order valence-electron chi connectivity index (χ4n) is 1.30. The lowest BCUT2D eigenvalue weighted by molar-refractivity contribution is -0.145. The highest BCUT2D eigenvalue weighted by molar-refractivity contribution is 6.38. The van der Waals surface area contributed by atoms with Crippen LogP contribution >= 0.6 is 23.2 Å². The first kappa shape index (κ1) is 14.8. The number of halogens is 2. The molecule has 0 aliphatic heterocycles. The summed E-state index contributed by atoms with van der Waals surface area (Å²) in [7, 11) is 1.56. The van der Waals surface area contributed by atoms with Gasteiger partial charge in [0.1, 0.15) is 0 Å². The highest BCUT2D eigenvalue weighted by atomic mass is 35.5. The van der Waals surface area contributed by atoms with Gasteiger partial charge < -0.3 is 9.64 Å². The van der Waals surface area contributed by atoms with Crippen LogP contribution in [0.1, 0.15) is 12.5 Å². The Morgan fingerprint density at radius 1 is 1.33 bits per heavy atom. The number of hydrogen-bond acceptors (Lipinski definition) is 3. The number of hydrogen-bond donors (Lipinski definition) is 0. The van der Waals surface area contributed by atoms with E-state index < -0.39 is 5.97 Å². The molecule has 1 aromatic carbocycles. The third-order valence-corrected chi connectivity index (χ3v) is 3.32. The summed E-state index contributed by atoms with van der Waals surface area (Å²) in [6.07, 6.45) is 0. The van der Waals surface area contributed by atoms with Crippen molar-refractivity contribution >= 4 is 40.8 Å². The second kappa shape index (κ2) is 6.07. The first-order chi connectivity index (χ1) is 8.34. The summed E-state index contributed by atoms with van der Waals surface area (Å²) >= 11 is 12.0. The molecule has 6 heteroatoms. The van der Waals surface area contributed by atoms with Gasteiger partial charge in [0.2, 0.25) is 0 Å². The van der Waals surface area contributed by atoms with Crippen molar-refractivity contribution < 1.29 is 14.3 Å². The Hall–Kier alpha value is -1.26. The molecular formula is C12H13Cl2NO3. The molecule has 0 unspecified atom stereocenters. The number of nitrogens with zero attached hydrogens (tertiary/aromatic N) is 1. The van der Waals surface area contributed by atoms with Crippen LogP contribution in [-0.2, 0) is 14.3 Å². The molecule has 0 aromatic heterocycles. The average Bonchev–Trinajstić information content (AvgIpc) is 2.32. The fraction of sp³-hybridized carbons (Fsp3) is 0.333. The summed E-state index contributed by atoms with van der Waals surface area (Å²) < 4.78 is 4.64. The Morgan fingerprint density at radius 3 is 2.50 bits per heavy atom. The minimum atomic E-state index is -0.505. The zero-order valence-electron chi connectivity index (χ0n) is 10.3. The minimum absolute atomic E-state index is 0.316. The molecule has 0 saturated heterocycles. The maximum absolute atomic E-state index is 11.8.